The van der Waals surface area contributed by atoms with Crippen molar-refractivity contribution in [1.29, 1.82) is 0 Å². The molecular formula is C13H14N4O2S. The minimum absolute atomic E-state index is 0.0702. The molecule has 0 bridgehead atoms. The number of carbonyl (C=O) groups excluding carboxylic acids is 2. The van der Waals surface area contributed by atoms with Gasteiger partial charge >= 0.3 is 0 Å². The third kappa shape index (κ3) is 2.77. The van der Waals surface area contributed by atoms with Gasteiger partial charge in [0.1, 0.15) is 6.04 Å². The molecular weight excluding hydrogens is 276 g/mol. The molecule has 1 aromatic heterocycles. The number of rotatable bonds is 2. The lowest BCUT2D eigenvalue weighted by Gasteiger charge is -2.15. The van der Waals surface area contributed by atoms with Crippen molar-refractivity contribution >= 4 is 40.2 Å². The fourth-order valence-corrected chi connectivity index (χ4v) is 3.03. The molecule has 0 aliphatic carbocycles. The number of amides is 2. The van der Waals surface area contributed by atoms with Crippen molar-refractivity contribution in [2.75, 3.05) is 16.8 Å². The molecule has 0 saturated carbocycles. The Morgan fingerprint density at radius 3 is 3.25 bits per heavy atom. The summed E-state index contributed by atoms with van der Waals surface area (Å²) >= 11 is 1.61. The highest BCUT2D eigenvalue weighted by atomic mass is 32.2. The Morgan fingerprint density at radius 2 is 2.35 bits per heavy atom. The van der Waals surface area contributed by atoms with Crippen molar-refractivity contribution in [3.8, 4) is 0 Å². The van der Waals surface area contributed by atoms with Crippen LogP contribution < -0.4 is 10.6 Å². The minimum atomic E-state index is -0.479. The van der Waals surface area contributed by atoms with E-state index in [1.165, 1.54) is 0 Å². The number of hydrogen-bond acceptors (Lipinski definition) is 4. The van der Waals surface area contributed by atoms with Gasteiger partial charge in [-0.1, -0.05) is 0 Å². The van der Waals surface area contributed by atoms with Crippen molar-refractivity contribution < 1.29 is 9.59 Å². The molecule has 1 atom stereocenters. The van der Waals surface area contributed by atoms with Crippen LogP contribution in [0.25, 0.3) is 10.9 Å². The summed E-state index contributed by atoms with van der Waals surface area (Å²) in [6, 6.07) is 5.05. The van der Waals surface area contributed by atoms with Gasteiger partial charge in [0.05, 0.1) is 11.7 Å². The molecule has 104 valence electrons. The average molecular weight is 290 g/mol. The number of thioether (sulfide) groups is 1. The van der Waals surface area contributed by atoms with Crippen molar-refractivity contribution in [2.45, 2.75) is 12.5 Å². The van der Waals surface area contributed by atoms with E-state index in [0.29, 0.717) is 17.9 Å². The third-order valence-electron chi connectivity index (χ3n) is 3.12. The number of carbonyl (C=O) groups is 2. The molecule has 1 aromatic carbocycles. The summed E-state index contributed by atoms with van der Waals surface area (Å²) in [5.41, 5.74) is 1.55. The summed E-state index contributed by atoms with van der Waals surface area (Å²) in [6.45, 7) is 0. The van der Waals surface area contributed by atoms with Crippen molar-refractivity contribution in [1.82, 2.24) is 15.5 Å². The Labute approximate surface area is 119 Å². The molecule has 2 aromatic rings. The van der Waals surface area contributed by atoms with Gasteiger partial charge in [-0.05, 0) is 18.2 Å². The lowest BCUT2D eigenvalue weighted by molar-refractivity contribution is -0.125. The molecule has 1 aliphatic heterocycles. The highest BCUT2D eigenvalue weighted by Crippen LogP contribution is 2.17. The summed E-state index contributed by atoms with van der Waals surface area (Å²) in [4.78, 5) is 23.6. The van der Waals surface area contributed by atoms with Crippen LogP contribution in [0.3, 0.4) is 0 Å². The number of anilines is 1. The standard InChI is InChI=1S/C13H14N4O2S/c18-12-3-4-20-7-11(16-12)13(19)15-9-2-1-8-6-14-17-10(8)5-9/h1-2,5-6,11H,3-4,7H2,(H,14,17)(H,15,19)(H,16,18). The molecule has 20 heavy (non-hydrogen) atoms. The number of aromatic amines is 1. The van der Waals surface area contributed by atoms with Crippen LogP contribution in [0.4, 0.5) is 5.69 Å². The van der Waals surface area contributed by atoms with E-state index in [1.807, 2.05) is 18.2 Å². The molecule has 3 rings (SSSR count). The van der Waals surface area contributed by atoms with Crippen LogP contribution in [0.5, 0.6) is 0 Å². The minimum Gasteiger partial charge on any atom is -0.343 e. The zero-order valence-electron chi connectivity index (χ0n) is 10.7. The predicted octanol–water partition coefficient (Wildman–Crippen LogP) is 1.12. The Balaban J connectivity index is 1.72. The lowest BCUT2D eigenvalue weighted by Crippen LogP contribution is -2.44. The number of nitrogens with zero attached hydrogens (tertiary/aromatic N) is 1. The van der Waals surface area contributed by atoms with Gasteiger partial charge in [-0.2, -0.15) is 16.9 Å². The lowest BCUT2D eigenvalue weighted by atomic mass is 10.2. The molecule has 6 nitrogen and oxygen atoms in total. The number of nitrogens with one attached hydrogen (secondary N) is 3. The second kappa shape index (κ2) is 5.54. The van der Waals surface area contributed by atoms with E-state index in [-0.39, 0.29) is 11.8 Å². The predicted molar refractivity (Wildman–Crippen MR) is 78.6 cm³/mol. The first-order chi connectivity index (χ1) is 9.72. The molecule has 7 heteroatoms. The van der Waals surface area contributed by atoms with E-state index < -0.39 is 6.04 Å². The van der Waals surface area contributed by atoms with Gasteiger partial charge in [-0.25, -0.2) is 0 Å². The summed E-state index contributed by atoms with van der Waals surface area (Å²) in [5, 5.41) is 13.3. The SMILES string of the molecule is O=C1CCSCC(C(=O)Nc2ccc3cn[nH]c3c2)N1. The maximum Gasteiger partial charge on any atom is 0.247 e. The first-order valence-electron chi connectivity index (χ1n) is 6.33. The topological polar surface area (TPSA) is 86.9 Å². The quantitative estimate of drug-likeness (QED) is 0.773. The average Bonchev–Trinajstić information content (AvgIpc) is 2.78. The van der Waals surface area contributed by atoms with Gasteiger partial charge in [-0.3, -0.25) is 14.7 Å². The fraction of sp³-hybridized carbons (Fsp3) is 0.308. The summed E-state index contributed by atoms with van der Waals surface area (Å²) in [6.07, 6.45) is 2.19. The van der Waals surface area contributed by atoms with Gasteiger partial charge < -0.3 is 10.6 Å². The van der Waals surface area contributed by atoms with Gasteiger partial charge in [0.25, 0.3) is 0 Å². The summed E-state index contributed by atoms with van der Waals surface area (Å²) in [5.74, 6) is 1.10. The fourth-order valence-electron chi connectivity index (χ4n) is 2.06. The smallest absolute Gasteiger partial charge is 0.247 e. The normalized spacial score (nSPS) is 19.4. The molecule has 1 unspecified atom stereocenters. The van der Waals surface area contributed by atoms with E-state index in [2.05, 4.69) is 20.8 Å². The molecule has 3 N–H and O–H groups in total. The van der Waals surface area contributed by atoms with Gasteiger partial charge in [0.15, 0.2) is 0 Å². The Bertz CT molecular complexity index is 655. The molecule has 1 fully saturated rings. The molecule has 2 heterocycles. The van der Waals surface area contributed by atoms with Crippen LogP contribution in [0.15, 0.2) is 24.4 Å². The maximum absolute atomic E-state index is 12.2. The highest BCUT2D eigenvalue weighted by molar-refractivity contribution is 7.99. The third-order valence-corrected chi connectivity index (χ3v) is 4.18. The van der Waals surface area contributed by atoms with Crippen molar-refractivity contribution in [3.05, 3.63) is 24.4 Å². The van der Waals surface area contributed by atoms with Gasteiger partial charge in [0.2, 0.25) is 11.8 Å². The number of H-pyrrole nitrogens is 1. The monoisotopic (exact) mass is 290 g/mol. The largest absolute Gasteiger partial charge is 0.343 e. The van der Waals surface area contributed by atoms with E-state index in [4.69, 9.17) is 0 Å². The van der Waals surface area contributed by atoms with Crippen LogP contribution >= 0.6 is 11.8 Å². The van der Waals surface area contributed by atoms with Crippen LogP contribution in [0.1, 0.15) is 6.42 Å². The Hall–Kier alpha value is -2.02. The van der Waals surface area contributed by atoms with Crippen molar-refractivity contribution in [3.63, 3.8) is 0 Å². The summed E-state index contributed by atoms with van der Waals surface area (Å²) < 4.78 is 0. The maximum atomic E-state index is 12.2. The Kier molecular flexibility index (Phi) is 3.60. The van der Waals surface area contributed by atoms with Crippen LogP contribution in [-0.2, 0) is 9.59 Å². The van der Waals surface area contributed by atoms with Gasteiger partial charge in [0, 0.05) is 29.0 Å². The van der Waals surface area contributed by atoms with E-state index in [9.17, 15) is 9.59 Å². The highest BCUT2D eigenvalue weighted by Gasteiger charge is 2.23. The van der Waals surface area contributed by atoms with E-state index >= 15 is 0 Å². The zero-order chi connectivity index (χ0) is 13.9. The molecule has 1 saturated heterocycles. The van der Waals surface area contributed by atoms with Gasteiger partial charge in [-0.15, -0.1) is 0 Å². The second-order valence-corrected chi connectivity index (χ2v) is 5.76. The molecule has 2 amide bonds. The van der Waals surface area contributed by atoms with Crippen LogP contribution in [0.2, 0.25) is 0 Å². The van der Waals surface area contributed by atoms with E-state index in [0.717, 1.165) is 16.7 Å². The first-order valence-corrected chi connectivity index (χ1v) is 7.49. The number of aromatic nitrogens is 2. The molecule has 0 radical (unpaired) electrons. The first kappa shape index (κ1) is 13.0. The van der Waals surface area contributed by atoms with Crippen molar-refractivity contribution in [2.24, 2.45) is 0 Å². The summed E-state index contributed by atoms with van der Waals surface area (Å²) in [7, 11) is 0. The molecule has 1 aliphatic rings. The molecule has 0 spiro atoms. The second-order valence-electron chi connectivity index (χ2n) is 4.61. The van der Waals surface area contributed by atoms with Crippen LogP contribution in [-0.4, -0.2) is 39.6 Å². The number of fused-ring (bicyclic) bond motifs is 1. The number of benzene rings is 1. The Morgan fingerprint density at radius 1 is 1.45 bits per heavy atom. The van der Waals surface area contributed by atoms with E-state index in [1.54, 1.807) is 18.0 Å². The zero-order valence-corrected chi connectivity index (χ0v) is 11.5. The van der Waals surface area contributed by atoms with Crippen LogP contribution in [0, 0.1) is 0 Å². The number of hydrogen-bond donors (Lipinski definition) is 3.